The van der Waals surface area contributed by atoms with Crippen LogP contribution in [0.4, 0.5) is 0 Å². The summed E-state index contributed by atoms with van der Waals surface area (Å²) < 4.78 is 1.83. The van der Waals surface area contributed by atoms with E-state index in [1.165, 1.54) is 0 Å². The maximum atomic E-state index is 12.8. The molecular weight excluding hydrogens is 284 g/mol. The normalized spacial score (nSPS) is 11.3. The molecule has 3 rings (SSSR count). The van der Waals surface area contributed by atoms with Gasteiger partial charge in [-0.2, -0.15) is 0 Å². The topological polar surface area (TPSA) is 48.0 Å². The van der Waals surface area contributed by atoms with Gasteiger partial charge in [0.2, 0.25) is 0 Å². The zero-order chi connectivity index (χ0) is 16.4. The predicted octanol–water partition coefficient (Wildman–Crippen LogP) is 3.78. The molecule has 1 aromatic heterocycles. The maximum absolute atomic E-state index is 12.8. The van der Waals surface area contributed by atoms with E-state index in [-0.39, 0.29) is 5.56 Å². The molecule has 2 aromatic carbocycles. The van der Waals surface area contributed by atoms with E-state index in [1.54, 1.807) is 0 Å². The first-order valence-corrected chi connectivity index (χ1v) is 8.01. The van der Waals surface area contributed by atoms with Gasteiger partial charge in [-0.05, 0) is 34.6 Å². The summed E-state index contributed by atoms with van der Waals surface area (Å²) in [4.78, 5) is 12.8. The second kappa shape index (κ2) is 6.39. The van der Waals surface area contributed by atoms with Gasteiger partial charge in [0.1, 0.15) is 0 Å². The monoisotopic (exact) mass is 306 g/mol. The van der Waals surface area contributed by atoms with Crippen molar-refractivity contribution in [2.45, 2.75) is 26.9 Å². The molecule has 1 heterocycles. The van der Waals surface area contributed by atoms with Crippen LogP contribution in [-0.2, 0) is 13.1 Å². The molecule has 0 fully saturated rings. The van der Waals surface area contributed by atoms with Crippen molar-refractivity contribution in [2.75, 3.05) is 0 Å². The van der Waals surface area contributed by atoms with E-state index in [9.17, 15) is 4.79 Å². The lowest BCUT2D eigenvalue weighted by Crippen LogP contribution is -2.22. The lowest BCUT2D eigenvalue weighted by atomic mass is 9.98. The first-order valence-electron chi connectivity index (χ1n) is 8.01. The molecule has 0 spiro atoms. The first-order chi connectivity index (χ1) is 11.1. The minimum absolute atomic E-state index is 0.0666. The van der Waals surface area contributed by atoms with Crippen LogP contribution in [0.15, 0.2) is 59.5 Å². The Balaban J connectivity index is 2.34. The smallest absolute Gasteiger partial charge is 0.258 e. The van der Waals surface area contributed by atoms with E-state index < -0.39 is 0 Å². The fourth-order valence-corrected chi connectivity index (χ4v) is 2.94. The van der Waals surface area contributed by atoms with Gasteiger partial charge in [-0.15, -0.1) is 0 Å². The fourth-order valence-electron chi connectivity index (χ4n) is 2.94. The Hall–Kier alpha value is -2.39. The highest BCUT2D eigenvalue weighted by molar-refractivity contribution is 5.96. The number of hydrogen-bond acceptors (Lipinski definition) is 2. The van der Waals surface area contributed by atoms with E-state index in [0.29, 0.717) is 19.0 Å². The molecule has 118 valence electrons. The zero-order valence-corrected chi connectivity index (χ0v) is 13.6. The minimum Gasteiger partial charge on any atom is -0.326 e. The van der Waals surface area contributed by atoms with Crippen LogP contribution in [0.25, 0.3) is 21.9 Å². The number of nitrogens with zero attached hydrogens (tertiary/aromatic N) is 1. The summed E-state index contributed by atoms with van der Waals surface area (Å²) in [5.74, 6) is 0.414. The summed E-state index contributed by atoms with van der Waals surface area (Å²) >= 11 is 0. The Morgan fingerprint density at radius 1 is 1.04 bits per heavy atom. The van der Waals surface area contributed by atoms with Gasteiger partial charge < -0.3 is 10.3 Å². The van der Waals surface area contributed by atoms with Crippen LogP contribution in [0.3, 0.4) is 0 Å². The number of pyridine rings is 1. The van der Waals surface area contributed by atoms with Crippen molar-refractivity contribution in [3.05, 3.63) is 70.6 Å². The summed E-state index contributed by atoms with van der Waals surface area (Å²) in [6.45, 7) is 5.43. The second-order valence-corrected chi connectivity index (χ2v) is 6.34. The highest BCUT2D eigenvalue weighted by Gasteiger charge is 2.11. The van der Waals surface area contributed by atoms with Gasteiger partial charge in [0.15, 0.2) is 0 Å². The molecule has 0 radical (unpaired) electrons. The van der Waals surface area contributed by atoms with E-state index in [4.69, 9.17) is 5.73 Å². The molecule has 3 aromatic rings. The molecule has 0 saturated heterocycles. The first kappa shape index (κ1) is 15.5. The van der Waals surface area contributed by atoms with Crippen molar-refractivity contribution in [1.29, 1.82) is 0 Å². The lowest BCUT2D eigenvalue weighted by molar-refractivity contribution is 0.514. The fraction of sp³-hybridized carbons (Fsp3) is 0.250. The zero-order valence-electron chi connectivity index (χ0n) is 13.6. The van der Waals surface area contributed by atoms with Gasteiger partial charge in [0.25, 0.3) is 5.56 Å². The van der Waals surface area contributed by atoms with Crippen molar-refractivity contribution in [1.82, 2.24) is 4.57 Å². The van der Waals surface area contributed by atoms with E-state index in [0.717, 1.165) is 27.5 Å². The van der Waals surface area contributed by atoms with Crippen LogP contribution >= 0.6 is 0 Å². The molecule has 0 unspecified atom stereocenters. The highest BCUT2D eigenvalue weighted by Crippen LogP contribution is 2.27. The van der Waals surface area contributed by atoms with Crippen molar-refractivity contribution < 1.29 is 0 Å². The number of aromatic nitrogens is 1. The quantitative estimate of drug-likeness (QED) is 0.797. The predicted molar refractivity (Wildman–Crippen MR) is 96.4 cm³/mol. The molecule has 0 amide bonds. The standard InChI is InChI=1S/C20H22N2O/c1-14(2)12-22-13-19(16-6-4-3-5-7-16)18-10-15(11-21)8-9-17(18)20(22)23/h3-10,13-14H,11-12,21H2,1-2H3. The largest absolute Gasteiger partial charge is 0.326 e. The highest BCUT2D eigenvalue weighted by atomic mass is 16.1. The van der Waals surface area contributed by atoms with Crippen LogP contribution in [0, 0.1) is 5.92 Å². The van der Waals surface area contributed by atoms with Crippen LogP contribution < -0.4 is 11.3 Å². The Labute approximate surface area is 136 Å². The summed E-state index contributed by atoms with van der Waals surface area (Å²) in [5, 5.41) is 1.73. The van der Waals surface area contributed by atoms with Gasteiger partial charge in [-0.3, -0.25) is 4.79 Å². The Kier molecular flexibility index (Phi) is 4.30. The van der Waals surface area contributed by atoms with E-state index in [2.05, 4.69) is 26.0 Å². The second-order valence-electron chi connectivity index (χ2n) is 6.34. The molecule has 3 nitrogen and oxygen atoms in total. The van der Waals surface area contributed by atoms with Gasteiger partial charge in [0, 0.05) is 30.2 Å². The number of benzene rings is 2. The number of nitrogens with two attached hydrogens (primary N) is 1. The number of fused-ring (bicyclic) bond motifs is 1. The Morgan fingerprint density at radius 3 is 2.43 bits per heavy atom. The molecular formula is C20H22N2O. The maximum Gasteiger partial charge on any atom is 0.258 e. The van der Waals surface area contributed by atoms with Crippen molar-refractivity contribution in [3.63, 3.8) is 0 Å². The van der Waals surface area contributed by atoms with Gasteiger partial charge >= 0.3 is 0 Å². The molecule has 23 heavy (non-hydrogen) atoms. The van der Waals surface area contributed by atoms with E-state index in [1.807, 2.05) is 47.2 Å². The number of rotatable bonds is 4. The molecule has 0 aliphatic heterocycles. The lowest BCUT2D eigenvalue weighted by Gasteiger charge is -2.15. The van der Waals surface area contributed by atoms with Gasteiger partial charge in [0.05, 0.1) is 0 Å². The van der Waals surface area contributed by atoms with Crippen molar-refractivity contribution in [3.8, 4) is 11.1 Å². The molecule has 0 atom stereocenters. The summed E-state index contributed by atoms with van der Waals surface area (Å²) in [5.41, 5.74) is 9.08. The summed E-state index contributed by atoms with van der Waals surface area (Å²) in [6, 6.07) is 16.1. The summed E-state index contributed by atoms with van der Waals surface area (Å²) in [6.07, 6.45) is 1.99. The number of hydrogen-bond donors (Lipinski definition) is 1. The van der Waals surface area contributed by atoms with Crippen LogP contribution in [0.2, 0.25) is 0 Å². The van der Waals surface area contributed by atoms with Crippen molar-refractivity contribution in [2.24, 2.45) is 11.7 Å². The molecule has 3 heteroatoms. The van der Waals surface area contributed by atoms with Crippen LogP contribution in [0.5, 0.6) is 0 Å². The van der Waals surface area contributed by atoms with Gasteiger partial charge in [-0.25, -0.2) is 0 Å². The third kappa shape index (κ3) is 3.06. The third-order valence-electron chi connectivity index (χ3n) is 4.03. The van der Waals surface area contributed by atoms with Crippen LogP contribution in [-0.4, -0.2) is 4.57 Å². The average molecular weight is 306 g/mol. The molecule has 0 bridgehead atoms. The average Bonchev–Trinajstić information content (AvgIpc) is 2.57. The minimum atomic E-state index is 0.0666. The SMILES string of the molecule is CC(C)Cn1cc(-c2ccccc2)c2cc(CN)ccc2c1=O. The molecule has 2 N–H and O–H groups in total. The van der Waals surface area contributed by atoms with Crippen LogP contribution in [0.1, 0.15) is 19.4 Å². The summed E-state index contributed by atoms with van der Waals surface area (Å²) in [7, 11) is 0. The molecule has 0 saturated carbocycles. The Bertz CT molecular complexity index is 879. The van der Waals surface area contributed by atoms with Gasteiger partial charge in [-0.1, -0.05) is 50.2 Å². The molecule has 0 aliphatic carbocycles. The Morgan fingerprint density at radius 2 is 1.78 bits per heavy atom. The third-order valence-corrected chi connectivity index (χ3v) is 4.03. The van der Waals surface area contributed by atoms with Crippen molar-refractivity contribution >= 4 is 10.8 Å². The van der Waals surface area contributed by atoms with E-state index >= 15 is 0 Å². The molecule has 0 aliphatic rings.